The molecule has 0 amide bonds. The Morgan fingerprint density at radius 1 is 1.31 bits per heavy atom. The lowest BCUT2D eigenvalue weighted by Gasteiger charge is -2.12. The summed E-state index contributed by atoms with van der Waals surface area (Å²) >= 11 is 0. The number of aliphatic hydroxyl groups excluding tert-OH is 1. The Hall–Kier alpha value is -1.31. The van der Waals surface area contributed by atoms with Gasteiger partial charge in [0.15, 0.2) is 5.69 Å². The minimum Gasteiger partial charge on any atom is -0.391 e. The molecule has 0 aliphatic heterocycles. The molecular formula is C8H5F6NO. The number of pyridine rings is 1. The van der Waals surface area contributed by atoms with E-state index in [9.17, 15) is 26.3 Å². The Balaban J connectivity index is 3.43. The molecule has 1 N–H and O–H groups in total. The summed E-state index contributed by atoms with van der Waals surface area (Å²) in [5.41, 5.74) is -4.29. The van der Waals surface area contributed by atoms with Crippen molar-refractivity contribution in [1.29, 1.82) is 0 Å². The molecule has 0 radical (unpaired) electrons. The molecule has 0 atom stereocenters. The van der Waals surface area contributed by atoms with E-state index >= 15 is 0 Å². The first-order valence-corrected chi connectivity index (χ1v) is 3.93. The van der Waals surface area contributed by atoms with Gasteiger partial charge in [0.1, 0.15) is 11.5 Å². The molecule has 16 heavy (non-hydrogen) atoms. The van der Waals surface area contributed by atoms with Gasteiger partial charge in [-0.1, -0.05) is 0 Å². The van der Waals surface area contributed by atoms with Gasteiger partial charge in [-0.3, -0.25) is 0 Å². The minimum atomic E-state index is -5.09. The van der Waals surface area contributed by atoms with Crippen LogP contribution < -0.4 is 0 Å². The van der Waals surface area contributed by atoms with Gasteiger partial charge in [0.25, 0.3) is 6.43 Å². The highest BCUT2D eigenvalue weighted by molar-refractivity contribution is 5.27. The second-order valence-electron chi connectivity index (χ2n) is 2.81. The van der Waals surface area contributed by atoms with Gasteiger partial charge in [0.05, 0.1) is 6.61 Å². The fourth-order valence-electron chi connectivity index (χ4n) is 1.06. The van der Waals surface area contributed by atoms with E-state index in [2.05, 4.69) is 4.98 Å². The predicted molar refractivity (Wildman–Crippen MR) is 40.1 cm³/mol. The van der Waals surface area contributed by atoms with E-state index in [4.69, 9.17) is 5.11 Å². The summed E-state index contributed by atoms with van der Waals surface area (Å²) in [6.07, 6.45) is -8.41. The van der Waals surface area contributed by atoms with Crippen molar-refractivity contribution in [2.75, 3.05) is 0 Å². The van der Waals surface area contributed by atoms with Crippen molar-refractivity contribution < 1.29 is 31.4 Å². The van der Waals surface area contributed by atoms with Crippen molar-refractivity contribution in [3.63, 3.8) is 0 Å². The molecule has 90 valence electrons. The zero-order valence-electron chi connectivity index (χ0n) is 7.52. The Morgan fingerprint density at radius 3 is 2.25 bits per heavy atom. The lowest BCUT2D eigenvalue weighted by atomic mass is 10.1. The van der Waals surface area contributed by atoms with Crippen molar-refractivity contribution in [3.05, 3.63) is 28.8 Å². The first kappa shape index (κ1) is 12.8. The van der Waals surface area contributed by atoms with E-state index in [1.54, 1.807) is 0 Å². The summed E-state index contributed by atoms with van der Waals surface area (Å²) in [6.45, 7) is -1.27. The number of hydrogen-bond donors (Lipinski definition) is 1. The van der Waals surface area contributed by atoms with Crippen LogP contribution in [-0.2, 0) is 12.8 Å². The van der Waals surface area contributed by atoms with E-state index in [1.165, 1.54) is 0 Å². The molecule has 1 rings (SSSR count). The second-order valence-corrected chi connectivity index (χ2v) is 2.81. The third kappa shape index (κ3) is 2.43. The van der Waals surface area contributed by atoms with Gasteiger partial charge in [-0.05, 0) is 0 Å². The highest BCUT2D eigenvalue weighted by Gasteiger charge is 2.37. The molecule has 0 bridgehead atoms. The fourth-order valence-corrected chi connectivity index (χ4v) is 1.06. The summed E-state index contributed by atoms with van der Waals surface area (Å²) in [4.78, 5) is 2.60. The third-order valence-corrected chi connectivity index (χ3v) is 1.74. The average molecular weight is 245 g/mol. The Morgan fingerprint density at radius 2 is 1.88 bits per heavy atom. The third-order valence-electron chi connectivity index (χ3n) is 1.74. The molecule has 0 aliphatic carbocycles. The highest BCUT2D eigenvalue weighted by Crippen LogP contribution is 2.33. The first-order valence-electron chi connectivity index (χ1n) is 3.93. The molecule has 0 spiro atoms. The normalized spacial score (nSPS) is 12.2. The highest BCUT2D eigenvalue weighted by atomic mass is 19.4. The van der Waals surface area contributed by atoms with Gasteiger partial charge < -0.3 is 5.11 Å². The van der Waals surface area contributed by atoms with Gasteiger partial charge in [0.2, 0.25) is 0 Å². The molecule has 1 aromatic heterocycles. The first-order chi connectivity index (χ1) is 7.27. The van der Waals surface area contributed by atoms with Crippen LogP contribution in [0.1, 0.15) is 23.4 Å². The molecule has 0 unspecified atom stereocenters. The topological polar surface area (TPSA) is 33.1 Å². The maximum absolute atomic E-state index is 13.0. The van der Waals surface area contributed by atoms with Crippen LogP contribution >= 0.6 is 0 Å². The number of aromatic nitrogens is 1. The second kappa shape index (κ2) is 4.28. The monoisotopic (exact) mass is 245 g/mol. The quantitative estimate of drug-likeness (QED) is 0.812. The molecule has 0 saturated carbocycles. The molecular weight excluding hydrogens is 240 g/mol. The van der Waals surface area contributed by atoms with Gasteiger partial charge in [0, 0.05) is 11.6 Å². The predicted octanol–water partition coefficient (Wildman–Crippen LogP) is 2.67. The van der Waals surface area contributed by atoms with Crippen LogP contribution in [0.25, 0.3) is 0 Å². The van der Waals surface area contributed by atoms with Crippen LogP contribution in [-0.4, -0.2) is 10.1 Å². The minimum absolute atomic E-state index is 0.172. The van der Waals surface area contributed by atoms with Crippen LogP contribution in [0.2, 0.25) is 0 Å². The summed E-state index contributed by atoms with van der Waals surface area (Å²) in [7, 11) is 0. The molecule has 1 aromatic rings. The maximum atomic E-state index is 13.0. The van der Waals surface area contributed by atoms with Gasteiger partial charge in [-0.2, -0.15) is 13.2 Å². The summed E-state index contributed by atoms with van der Waals surface area (Å²) < 4.78 is 74.0. The number of rotatable bonds is 2. The zero-order chi connectivity index (χ0) is 12.5. The van der Waals surface area contributed by atoms with Crippen LogP contribution in [0, 0.1) is 5.82 Å². The number of hydrogen-bond acceptors (Lipinski definition) is 2. The summed E-state index contributed by atoms with van der Waals surface area (Å²) in [6, 6.07) is 0.172. The Labute approximate surface area is 85.5 Å². The lowest BCUT2D eigenvalue weighted by Crippen LogP contribution is -2.15. The molecule has 1 heterocycles. The standard InChI is InChI=1S/C8H5F6NO/c9-4-1-5(7(10)11)15-6(3(4)2-16)8(12,13)14/h1,7,16H,2H2. The van der Waals surface area contributed by atoms with Crippen molar-refractivity contribution in [2.45, 2.75) is 19.2 Å². The van der Waals surface area contributed by atoms with E-state index in [0.717, 1.165) is 0 Å². The fraction of sp³-hybridized carbons (Fsp3) is 0.375. The molecule has 0 saturated heterocycles. The van der Waals surface area contributed by atoms with Crippen LogP contribution in [0.5, 0.6) is 0 Å². The molecule has 0 aromatic carbocycles. The molecule has 2 nitrogen and oxygen atoms in total. The van der Waals surface area contributed by atoms with Gasteiger partial charge >= 0.3 is 6.18 Å². The molecule has 8 heteroatoms. The van der Waals surface area contributed by atoms with Crippen molar-refractivity contribution in [3.8, 4) is 0 Å². The van der Waals surface area contributed by atoms with Crippen LogP contribution in [0.3, 0.4) is 0 Å². The number of nitrogens with zero attached hydrogens (tertiary/aromatic N) is 1. The van der Waals surface area contributed by atoms with Crippen LogP contribution in [0.4, 0.5) is 26.3 Å². The number of aliphatic hydroxyl groups is 1. The van der Waals surface area contributed by atoms with E-state index in [-0.39, 0.29) is 6.07 Å². The summed E-state index contributed by atoms with van der Waals surface area (Å²) in [5, 5.41) is 8.52. The average Bonchev–Trinajstić information content (AvgIpc) is 2.14. The van der Waals surface area contributed by atoms with E-state index < -0.39 is 42.0 Å². The molecule has 0 aliphatic rings. The van der Waals surface area contributed by atoms with Crippen molar-refractivity contribution in [2.24, 2.45) is 0 Å². The van der Waals surface area contributed by atoms with Crippen molar-refractivity contribution in [1.82, 2.24) is 4.98 Å². The Bertz CT molecular complexity index is 389. The largest absolute Gasteiger partial charge is 0.433 e. The molecule has 0 fully saturated rings. The lowest BCUT2D eigenvalue weighted by molar-refractivity contribution is -0.142. The smallest absolute Gasteiger partial charge is 0.391 e. The zero-order valence-corrected chi connectivity index (χ0v) is 7.52. The van der Waals surface area contributed by atoms with E-state index in [0.29, 0.717) is 0 Å². The number of halogens is 6. The van der Waals surface area contributed by atoms with Gasteiger partial charge in [-0.25, -0.2) is 18.2 Å². The summed E-state index contributed by atoms with van der Waals surface area (Å²) in [5.74, 6) is -1.56. The maximum Gasteiger partial charge on any atom is 0.433 e. The van der Waals surface area contributed by atoms with Crippen LogP contribution in [0.15, 0.2) is 6.07 Å². The van der Waals surface area contributed by atoms with E-state index in [1.807, 2.05) is 0 Å². The Kier molecular flexibility index (Phi) is 3.41. The van der Waals surface area contributed by atoms with Gasteiger partial charge in [-0.15, -0.1) is 0 Å². The van der Waals surface area contributed by atoms with Crippen molar-refractivity contribution >= 4 is 0 Å². The SMILES string of the molecule is OCc1c(F)cc(C(F)F)nc1C(F)(F)F. The number of alkyl halides is 5.